The number of guanidine groups is 1. The molecule has 2 aromatic carbocycles. The third kappa shape index (κ3) is 6.21. The topological polar surface area (TPSA) is 78.7 Å². The molecular formula is C22H23FN4O2. The number of hydrogen-bond donors (Lipinski definition) is 3. The number of carbonyl (C=O) groups is 1. The minimum atomic E-state index is -0.292. The SMILES string of the molecule is CCNC(=NCc1cccc(F)c1)NCc1ccc(NC(=O)c2ccco2)cc1. The molecule has 0 unspecified atom stereocenters. The quantitative estimate of drug-likeness (QED) is 0.419. The standard InChI is InChI=1S/C22H23FN4O2/c1-2-24-22(26-15-17-5-3-6-18(23)13-17)25-14-16-8-10-19(11-9-16)27-21(28)20-7-4-12-29-20/h3-13H,2,14-15H2,1H3,(H,27,28)(H2,24,25,26). The molecule has 7 heteroatoms. The van der Waals surface area contributed by atoms with Gasteiger partial charge in [0, 0.05) is 18.8 Å². The maximum absolute atomic E-state index is 13.3. The molecule has 1 amide bonds. The highest BCUT2D eigenvalue weighted by molar-refractivity contribution is 6.02. The van der Waals surface area contributed by atoms with Crippen LogP contribution >= 0.6 is 0 Å². The maximum Gasteiger partial charge on any atom is 0.291 e. The number of nitrogens with zero attached hydrogens (tertiary/aromatic N) is 1. The summed E-state index contributed by atoms with van der Waals surface area (Å²) >= 11 is 0. The first kappa shape index (κ1) is 20.1. The van der Waals surface area contributed by atoms with Crippen LogP contribution in [0.15, 0.2) is 76.3 Å². The van der Waals surface area contributed by atoms with Crippen LogP contribution in [0.25, 0.3) is 0 Å². The molecule has 0 saturated heterocycles. The van der Waals surface area contributed by atoms with Crippen molar-refractivity contribution in [1.82, 2.24) is 10.6 Å². The first-order valence-electron chi connectivity index (χ1n) is 9.34. The number of rotatable bonds is 7. The highest BCUT2D eigenvalue weighted by Gasteiger charge is 2.08. The van der Waals surface area contributed by atoms with Crippen LogP contribution in [0.1, 0.15) is 28.6 Å². The van der Waals surface area contributed by atoms with Gasteiger partial charge in [0.25, 0.3) is 5.91 Å². The number of aliphatic imine (C=N–C) groups is 1. The lowest BCUT2D eigenvalue weighted by Gasteiger charge is -2.12. The summed E-state index contributed by atoms with van der Waals surface area (Å²) in [5.41, 5.74) is 2.51. The van der Waals surface area contributed by atoms with Crippen LogP contribution in [0, 0.1) is 5.82 Å². The van der Waals surface area contributed by atoms with Crippen molar-refractivity contribution in [3.05, 3.63) is 89.6 Å². The highest BCUT2D eigenvalue weighted by Crippen LogP contribution is 2.12. The number of hydrogen-bond acceptors (Lipinski definition) is 3. The minimum Gasteiger partial charge on any atom is -0.459 e. The van der Waals surface area contributed by atoms with Crippen LogP contribution in [0.2, 0.25) is 0 Å². The molecule has 29 heavy (non-hydrogen) atoms. The lowest BCUT2D eigenvalue weighted by molar-refractivity contribution is 0.0996. The normalized spacial score (nSPS) is 11.2. The lowest BCUT2D eigenvalue weighted by atomic mass is 10.2. The van der Waals surface area contributed by atoms with E-state index in [2.05, 4.69) is 20.9 Å². The monoisotopic (exact) mass is 394 g/mol. The highest BCUT2D eigenvalue weighted by atomic mass is 19.1. The van der Waals surface area contributed by atoms with E-state index in [1.165, 1.54) is 18.4 Å². The van der Waals surface area contributed by atoms with E-state index in [9.17, 15) is 9.18 Å². The molecule has 3 aromatic rings. The number of halogens is 1. The van der Waals surface area contributed by atoms with Crippen LogP contribution in [-0.4, -0.2) is 18.4 Å². The van der Waals surface area contributed by atoms with Crippen molar-refractivity contribution in [1.29, 1.82) is 0 Å². The van der Waals surface area contributed by atoms with Crippen molar-refractivity contribution in [3.63, 3.8) is 0 Å². The Hall–Kier alpha value is -3.61. The zero-order valence-corrected chi connectivity index (χ0v) is 16.1. The van der Waals surface area contributed by atoms with E-state index in [-0.39, 0.29) is 17.5 Å². The first-order chi connectivity index (χ1) is 14.1. The number of furan rings is 1. The summed E-state index contributed by atoms with van der Waals surface area (Å²) in [6.07, 6.45) is 1.46. The van der Waals surface area contributed by atoms with Gasteiger partial charge in [-0.3, -0.25) is 4.79 Å². The molecule has 150 valence electrons. The largest absolute Gasteiger partial charge is 0.459 e. The first-order valence-corrected chi connectivity index (χ1v) is 9.34. The summed E-state index contributed by atoms with van der Waals surface area (Å²) in [7, 11) is 0. The van der Waals surface area contributed by atoms with Gasteiger partial charge >= 0.3 is 0 Å². The molecule has 0 radical (unpaired) electrons. The van der Waals surface area contributed by atoms with E-state index in [0.29, 0.717) is 31.3 Å². The molecule has 6 nitrogen and oxygen atoms in total. The minimum absolute atomic E-state index is 0.264. The summed E-state index contributed by atoms with van der Waals surface area (Å²) in [6.45, 7) is 3.63. The number of carbonyl (C=O) groups excluding carboxylic acids is 1. The van der Waals surface area contributed by atoms with Gasteiger partial charge in [-0.2, -0.15) is 0 Å². The molecule has 0 fully saturated rings. The smallest absolute Gasteiger partial charge is 0.291 e. The van der Waals surface area contributed by atoms with Gasteiger partial charge in [0.2, 0.25) is 0 Å². The summed E-state index contributed by atoms with van der Waals surface area (Å²) in [4.78, 5) is 16.5. The van der Waals surface area contributed by atoms with E-state index in [4.69, 9.17) is 4.42 Å². The fraction of sp³-hybridized carbons (Fsp3) is 0.182. The molecule has 0 spiro atoms. The van der Waals surface area contributed by atoms with Crippen molar-refractivity contribution in [3.8, 4) is 0 Å². The molecule has 0 atom stereocenters. The number of anilines is 1. The van der Waals surface area contributed by atoms with E-state index in [0.717, 1.165) is 11.1 Å². The summed E-state index contributed by atoms with van der Waals surface area (Å²) in [5.74, 6) is 0.349. The molecule has 0 saturated carbocycles. The van der Waals surface area contributed by atoms with Crippen molar-refractivity contribution in [2.24, 2.45) is 4.99 Å². The lowest BCUT2D eigenvalue weighted by Crippen LogP contribution is -2.36. The zero-order valence-electron chi connectivity index (χ0n) is 16.1. The van der Waals surface area contributed by atoms with Gasteiger partial charge in [-0.1, -0.05) is 24.3 Å². The van der Waals surface area contributed by atoms with Crippen LogP contribution in [0.3, 0.4) is 0 Å². The predicted molar refractivity (Wildman–Crippen MR) is 111 cm³/mol. The Morgan fingerprint density at radius 1 is 1.03 bits per heavy atom. The zero-order chi connectivity index (χ0) is 20.5. The van der Waals surface area contributed by atoms with Gasteiger partial charge in [-0.05, 0) is 54.4 Å². The average molecular weight is 394 g/mol. The molecule has 3 N–H and O–H groups in total. The van der Waals surface area contributed by atoms with Crippen molar-refractivity contribution < 1.29 is 13.6 Å². The van der Waals surface area contributed by atoms with Gasteiger partial charge in [-0.25, -0.2) is 9.38 Å². The van der Waals surface area contributed by atoms with Crippen LogP contribution < -0.4 is 16.0 Å². The van der Waals surface area contributed by atoms with E-state index < -0.39 is 0 Å². The third-order valence-electron chi connectivity index (χ3n) is 4.07. The molecule has 0 aliphatic heterocycles. The van der Waals surface area contributed by atoms with Crippen molar-refractivity contribution in [2.45, 2.75) is 20.0 Å². The molecular weight excluding hydrogens is 371 g/mol. The van der Waals surface area contributed by atoms with Gasteiger partial charge < -0.3 is 20.4 Å². The molecule has 1 heterocycles. The molecule has 0 aliphatic carbocycles. The van der Waals surface area contributed by atoms with Crippen LogP contribution in [-0.2, 0) is 13.1 Å². The third-order valence-corrected chi connectivity index (χ3v) is 4.07. The predicted octanol–water partition coefficient (Wildman–Crippen LogP) is 3.93. The average Bonchev–Trinajstić information content (AvgIpc) is 3.26. The Morgan fingerprint density at radius 3 is 2.55 bits per heavy atom. The van der Waals surface area contributed by atoms with E-state index >= 15 is 0 Å². The number of benzene rings is 2. The maximum atomic E-state index is 13.3. The Kier molecular flexibility index (Phi) is 7.00. The molecule has 0 bridgehead atoms. The van der Waals surface area contributed by atoms with E-state index in [1.54, 1.807) is 18.2 Å². The van der Waals surface area contributed by atoms with Crippen LogP contribution in [0.4, 0.5) is 10.1 Å². The fourth-order valence-corrected chi connectivity index (χ4v) is 2.64. The molecule has 3 rings (SSSR count). The number of nitrogens with one attached hydrogen (secondary N) is 3. The Balaban J connectivity index is 1.55. The summed E-state index contributed by atoms with van der Waals surface area (Å²) in [5, 5.41) is 9.20. The summed E-state index contributed by atoms with van der Waals surface area (Å²) < 4.78 is 18.4. The second-order valence-electron chi connectivity index (χ2n) is 6.31. The Bertz CT molecular complexity index is 953. The molecule has 1 aromatic heterocycles. The van der Waals surface area contributed by atoms with Gasteiger partial charge in [0.1, 0.15) is 5.82 Å². The summed E-state index contributed by atoms with van der Waals surface area (Å²) in [6, 6.07) is 17.2. The van der Waals surface area contributed by atoms with Crippen LogP contribution in [0.5, 0.6) is 0 Å². The fourth-order valence-electron chi connectivity index (χ4n) is 2.64. The van der Waals surface area contributed by atoms with Crippen molar-refractivity contribution >= 4 is 17.6 Å². The second-order valence-corrected chi connectivity index (χ2v) is 6.31. The van der Waals surface area contributed by atoms with Gasteiger partial charge in [0.05, 0.1) is 12.8 Å². The van der Waals surface area contributed by atoms with E-state index in [1.807, 2.05) is 37.3 Å². The Labute approximate surface area is 168 Å². The second kappa shape index (κ2) is 10.1. The van der Waals surface area contributed by atoms with Gasteiger partial charge in [0.15, 0.2) is 11.7 Å². The molecule has 0 aliphatic rings. The Morgan fingerprint density at radius 2 is 1.86 bits per heavy atom. The van der Waals surface area contributed by atoms with Gasteiger partial charge in [-0.15, -0.1) is 0 Å². The number of amides is 1. The van der Waals surface area contributed by atoms with Crippen molar-refractivity contribution in [2.75, 3.05) is 11.9 Å².